The second kappa shape index (κ2) is 3.42. The van der Waals surface area contributed by atoms with Gasteiger partial charge in [0.15, 0.2) is 0 Å². The van der Waals surface area contributed by atoms with E-state index in [-0.39, 0.29) is 5.56 Å². The average Bonchev–Trinajstić information content (AvgIpc) is 2.23. The molecule has 0 spiro atoms. The molecule has 0 aliphatic heterocycles. The van der Waals surface area contributed by atoms with Crippen LogP contribution in [0.3, 0.4) is 0 Å². The van der Waals surface area contributed by atoms with E-state index in [1.165, 1.54) is 0 Å². The SMILES string of the molecule is O=C(O)c1cc(=O)n(O)c2c1CCCC2. The summed E-state index contributed by atoms with van der Waals surface area (Å²) in [6, 6.07) is 0.979. The highest BCUT2D eigenvalue weighted by atomic mass is 16.5. The van der Waals surface area contributed by atoms with Gasteiger partial charge >= 0.3 is 5.97 Å². The van der Waals surface area contributed by atoms with Gasteiger partial charge in [0.2, 0.25) is 0 Å². The minimum Gasteiger partial charge on any atom is -0.478 e. The van der Waals surface area contributed by atoms with Crippen LogP contribution in [-0.2, 0) is 12.8 Å². The van der Waals surface area contributed by atoms with Gasteiger partial charge in [0.1, 0.15) is 0 Å². The van der Waals surface area contributed by atoms with Crippen LogP contribution in [0.15, 0.2) is 10.9 Å². The summed E-state index contributed by atoms with van der Waals surface area (Å²) in [4.78, 5) is 22.2. The molecule has 15 heavy (non-hydrogen) atoms. The van der Waals surface area contributed by atoms with Gasteiger partial charge in [-0.05, 0) is 31.2 Å². The van der Waals surface area contributed by atoms with Crippen LogP contribution in [0.25, 0.3) is 0 Å². The Hall–Kier alpha value is -1.78. The van der Waals surface area contributed by atoms with Crippen molar-refractivity contribution in [1.82, 2.24) is 4.73 Å². The van der Waals surface area contributed by atoms with E-state index in [1.807, 2.05) is 0 Å². The molecule has 0 amide bonds. The first-order valence-corrected chi connectivity index (χ1v) is 4.81. The van der Waals surface area contributed by atoms with Crippen LogP contribution in [-0.4, -0.2) is 21.0 Å². The van der Waals surface area contributed by atoms with Gasteiger partial charge in [-0.15, -0.1) is 0 Å². The molecule has 0 radical (unpaired) electrons. The Kier molecular flexibility index (Phi) is 2.22. The summed E-state index contributed by atoms with van der Waals surface area (Å²) in [5.74, 6) is -1.11. The highest BCUT2D eigenvalue weighted by molar-refractivity contribution is 5.89. The number of nitrogens with zero attached hydrogens (tertiary/aromatic N) is 1. The zero-order chi connectivity index (χ0) is 11.0. The second-order valence-electron chi connectivity index (χ2n) is 3.65. The number of carboxylic acids is 1. The first-order valence-electron chi connectivity index (χ1n) is 4.81. The van der Waals surface area contributed by atoms with Crippen LogP contribution >= 0.6 is 0 Å². The minimum absolute atomic E-state index is 0.0278. The fraction of sp³-hybridized carbons (Fsp3) is 0.400. The zero-order valence-corrected chi connectivity index (χ0v) is 8.06. The minimum atomic E-state index is -1.11. The lowest BCUT2D eigenvalue weighted by atomic mass is 9.92. The van der Waals surface area contributed by atoms with Gasteiger partial charge in [0.05, 0.1) is 11.3 Å². The maximum atomic E-state index is 11.3. The van der Waals surface area contributed by atoms with Crippen molar-refractivity contribution in [3.8, 4) is 0 Å². The predicted octanol–water partition coefficient (Wildman–Crippen LogP) is 0.663. The molecule has 1 aliphatic rings. The van der Waals surface area contributed by atoms with Crippen LogP contribution in [0.1, 0.15) is 34.5 Å². The molecule has 0 fully saturated rings. The van der Waals surface area contributed by atoms with E-state index in [2.05, 4.69) is 0 Å². The molecule has 1 aromatic rings. The van der Waals surface area contributed by atoms with Crippen LogP contribution in [0.4, 0.5) is 0 Å². The van der Waals surface area contributed by atoms with Crippen molar-refractivity contribution in [2.24, 2.45) is 0 Å². The molecule has 0 aromatic carbocycles. The monoisotopic (exact) mass is 209 g/mol. The Morgan fingerprint density at radius 1 is 1.33 bits per heavy atom. The van der Waals surface area contributed by atoms with Crippen molar-refractivity contribution >= 4 is 5.97 Å². The van der Waals surface area contributed by atoms with Crippen molar-refractivity contribution in [1.29, 1.82) is 0 Å². The zero-order valence-electron chi connectivity index (χ0n) is 8.06. The predicted molar refractivity (Wildman–Crippen MR) is 51.5 cm³/mol. The molecule has 80 valence electrons. The number of aromatic carboxylic acids is 1. The molecule has 0 bridgehead atoms. The first-order chi connectivity index (χ1) is 7.11. The quantitative estimate of drug-likeness (QED) is 0.666. The van der Waals surface area contributed by atoms with Gasteiger partial charge in [-0.25, -0.2) is 4.79 Å². The van der Waals surface area contributed by atoms with Crippen molar-refractivity contribution in [2.45, 2.75) is 25.7 Å². The number of fused-ring (bicyclic) bond motifs is 1. The Balaban J connectivity index is 2.73. The van der Waals surface area contributed by atoms with Crippen LogP contribution in [0.5, 0.6) is 0 Å². The summed E-state index contributed by atoms with van der Waals surface area (Å²) >= 11 is 0. The second-order valence-corrected chi connectivity index (χ2v) is 3.65. The van der Waals surface area contributed by atoms with Crippen molar-refractivity contribution in [3.63, 3.8) is 0 Å². The van der Waals surface area contributed by atoms with Crippen molar-refractivity contribution in [2.75, 3.05) is 0 Å². The summed E-state index contributed by atoms with van der Waals surface area (Å²) in [6.45, 7) is 0. The Morgan fingerprint density at radius 3 is 2.67 bits per heavy atom. The molecule has 0 unspecified atom stereocenters. The standard InChI is InChI=1S/C10H11NO4/c12-9-5-7(10(13)14)6-3-1-2-4-8(6)11(9)15/h5,15H,1-4H2,(H,13,14). The topological polar surface area (TPSA) is 79.5 Å². The van der Waals surface area contributed by atoms with Crippen LogP contribution in [0, 0.1) is 0 Å². The largest absolute Gasteiger partial charge is 0.478 e. The molecule has 2 N–H and O–H groups in total. The lowest BCUT2D eigenvalue weighted by Crippen LogP contribution is -2.27. The fourth-order valence-corrected chi connectivity index (χ4v) is 2.01. The molecule has 0 saturated heterocycles. The fourth-order valence-electron chi connectivity index (χ4n) is 2.01. The summed E-state index contributed by atoms with van der Waals surface area (Å²) < 4.78 is 0.570. The number of rotatable bonds is 1. The summed E-state index contributed by atoms with van der Waals surface area (Å²) in [7, 11) is 0. The molecular formula is C10H11NO4. The van der Waals surface area contributed by atoms with Gasteiger partial charge < -0.3 is 10.3 Å². The van der Waals surface area contributed by atoms with Gasteiger partial charge in [-0.2, -0.15) is 4.73 Å². The lowest BCUT2D eigenvalue weighted by Gasteiger charge is -2.18. The molecule has 0 atom stereocenters. The molecular weight excluding hydrogens is 198 g/mol. The Bertz CT molecular complexity index is 475. The number of aromatic nitrogens is 1. The van der Waals surface area contributed by atoms with Gasteiger partial charge in [0, 0.05) is 6.07 Å². The maximum absolute atomic E-state index is 11.3. The number of pyridine rings is 1. The van der Waals surface area contributed by atoms with E-state index >= 15 is 0 Å². The first kappa shape index (κ1) is 9.76. The van der Waals surface area contributed by atoms with Crippen molar-refractivity contribution in [3.05, 3.63) is 33.2 Å². The molecule has 0 saturated carbocycles. The lowest BCUT2D eigenvalue weighted by molar-refractivity contribution is 0.0693. The van der Waals surface area contributed by atoms with Gasteiger partial charge in [-0.3, -0.25) is 4.79 Å². The molecule has 5 heteroatoms. The Morgan fingerprint density at radius 2 is 2.00 bits per heavy atom. The van der Waals surface area contributed by atoms with E-state index in [9.17, 15) is 14.8 Å². The average molecular weight is 209 g/mol. The molecule has 2 rings (SSSR count). The van der Waals surface area contributed by atoms with E-state index in [0.717, 1.165) is 18.9 Å². The number of carbonyl (C=O) groups is 1. The van der Waals surface area contributed by atoms with Gasteiger partial charge in [0.25, 0.3) is 5.56 Å². The third-order valence-electron chi connectivity index (χ3n) is 2.73. The molecule has 1 heterocycles. The molecule has 1 aromatic heterocycles. The van der Waals surface area contributed by atoms with E-state index in [0.29, 0.717) is 28.8 Å². The summed E-state index contributed by atoms with van der Waals surface area (Å²) in [5, 5.41) is 18.4. The number of carboxylic acid groups (broad SMARTS) is 1. The molecule has 5 nitrogen and oxygen atoms in total. The normalized spacial score (nSPS) is 14.7. The van der Waals surface area contributed by atoms with E-state index in [1.54, 1.807) is 0 Å². The smallest absolute Gasteiger partial charge is 0.336 e. The van der Waals surface area contributed by atoms with E-state index < -0.39 is 11.5 Å². The highest BCUT2D eigenvalue weighted by Gasteiger charge is 2.21. The highest BCUT2D eigenvalue weighted by Crippen LogP contribution is 2.22. The number of hydrogen-bond donors (Lipinski definition) is 2. The van der Waals surface area contributed by atoms with Gasteiger partial charge in [-0.1, -0.05) is 0 Å². The summed E-state index contributed by atoms with van der Waals surface area (Å²) in [5.41, 5.74) is 0.398. The van der Waals surface area contributed by atoms with Crippen molar-refractivity contribution < 1.29 is 15.1 Å². The molecule has 1 aliphatic carbocycles. The van der Waals surface area contributed by atoms with Crippen LogP contribution < -0.4 is 5.56 Å². The summed E-state index contributed by atoms with van der Waals surface area (Å²) in [6.07, 6.45) is 2.93. The Labute approximate surface area is 85.5 Å². The third kappa shape index (κ3) is 1.49. The number of hydrogen-bond acceptors (Lipinski definition) is 3. The van der Waals surface area contributed by atoms with E-state index in [4.69, 9.17) is 5.11 Å². The van der Waals surface area contributed by atoms with Crippen LogP contribution in [0.2, 0.25) is 0 Å². The third-order valence-corrected chi connectivity index (χ3v) is 2.73. The maximum Gasteiger partial charge on any atom is 0.336 e.